The van der Waals surface area contributed by atoms with Crippen LogP contribution >= 0.6 is 0 Å². The van der Waals surface area contributed by atoms with Gasteiger partial charge in [-0.05, 0) is 25.0 Å². The summed E-state index contributed by atoms with van der Waals surface area (Å²) in [7, 11) is 2.96. The fourth-order valence-electron chi connectivity index (χ4n) is 3.14. The van der Waals surface area contributed by atoms with E-state index in [1.165, 1.54) is 26.5 Å². The van der Waals surface area contributed by atoms with Crippen molar-refractivity contribution in [1.29, 1.82) is 0 Å². The summed E-state index contributed by atoms with van der Waals surface area (Å²) in [6, 6.07) is 6.41. The van der Waals surface area contributed by atoms with Crippen LogP contribution < -0.4 is 19.5 Å². The number of fused-ring (bicyclic) bond motifs is 1. The maximum atomic E-state index is 14.7. The van der Waals surface area contributed by atoms with Crippen molar-refractivity contribution < 1.29 is 32.6 Å². The number of hydrogen-bond acceptors (Lipinski definition) is 6. The maximum absolute atomic E-state index is 14.7. The second-order valence-corrected chi connectivity index (χ2v) is 7.13. The summed E-state index contributed by atoms with van der Waals surface area (Å²) in [5.74, 6) is -1.73. The molecule has 160 valence electrons. The van der Waals surface area contributed by atoms with Gasteiger partial charge in [-0.3, -0.25) is 9.78 Å². The summed E-state index contributed by atoms with van der Waals surface area (Å²) in [5.41, 5.74) is -1.01. The summed E-state index contributed by atoms with van der Waals surface area (Å²) in [5, 5.41) is 2.77. The molecular weight excluding hydrogens is 410 g/mol. The Bertz CT molecular complexity index is 1190. The third kappa shape index (κ3) is 3.74. The minimum absolute atomic E-state index is 0.221. The number of rotatable bonds is 7. The Morgan fingerprint density at radius 3 is 2.39 bits per heavy atom. The van der Waals surface area contributed by atoms with Crippen molar-refractivity contribution >= 4 is 28.8 Å². The number of ether oxygens (including phenoxy) is 3. The molecule has 4 rings (SSSR count). The Kier molecular flexibility index (Phi) is 5.18. The molecule has 0 aliphatic heterocycles. The lowest BCUT2D eigenvalue weighted by Crippen LogP contribution is -2.25. The predicted octanol–water partition coefficient (Wildman–Crippen LogP) is 4.24. The van der Waals surface area contributed by atoms with Gasteiger partial charge in [0, 0.05) is 29.8 Å². The van der Waals surface area contributed by atoms with Gasteiger partial charge >= 0.3 is 0 Å². The number of halogens is 2. The first-order valence-corrected chi connectivity index (χ1v) is 9.36. The van der Waals surface area contributed by atoms with Crippen LogP contribution in [0.4, 0.5) is 14.5 Å². The van der Waals surface area contributed by atoms with Crippen LogP contribution in [0.3, 0.4) is 0 Å². The van der Waals surface area contributed by atoms with Crippen LogP contribution in [-0.2, 0) is 9.59 Å². The number of amides is 1. The van der Waals surface area contributed by atoms with Crippen LogP contribution in [0.5, 0.6) is 23.0 Å². The highest BCUT2D eigenvalue weighted by Gasteiger charge is 2.50. The third-order valence-corrected chi connectivity index (χ3v) is 5.16. The van der Waals surface area contributed by atoms with E-state index < -0.39 is 23.0 Å². The first kappa shape index (κ1) is 20.5. The van der Waals surface area contributed by atoms with Gasteiger partial charge in [0.1, 0.15) is 17.5 Å². The lowest BCUT2D eigenvalue weighted by Gasteiger charge is -2.14. The van der Waals surface area contributed by atoms with Gasteiger partial charge < -0.3 is 24.3 Å². The van der Waals surface area contributed by atoms with Crippen molar-refractivity contribution in [3.63, 3.8) is 0 Å². The smallest absolute Gasteiger partial charge is 0.237 e. The molecule has 9 heteroatoms. The molecule has 1 aliphatic rings. The van der Waals surface area contributed by atoms with Crippen LogP contribution in [0.1, 0.15) is 12.8 Å². The zero-order chi connectivity index (χ0) is 22.2. The number of carbonyl (C=O) groups excluding carboxylic acids is 2. The molecule has 1 saturated carbocycles. The minimum Gasteiger partial charge on any atom is -0.493 e. The molecule has 31 heavy (non-hydrogen) atoms. The van der Waals surface area contributed by atoms with Gasteiger partial charge in [-0.15, -0.1) is 0 Å². The molecule has 0 spiro atoms. The highest BCUT2D eigenvalue weighted by molar-refractivity contribution is 6.07. The molecule has 2 aromatic carbocycles. The van der Waals surface area contributed by atoms with E-state index in [0.717, 1.165) is 12.1 Å². The molecular formula is C22H18F2N2O5. The number of anilines is 1. The summed E-state index contributed by atoms with van der Waals surface area (Å²) in [4.78, 5) is 27.4. The monoisotopic (exact) mass is 428 g/mol. The second-order valence-electron chi connectivity index (χ2n) is 7.13. The molecule has 1 fully saturated rings. The van der Waals surface area contributed by atoms with Crippen LogP contribution in [0.25, 0.3) is 10.9 Å². The second kappa shape index (κ2) is 7.82. The van der Waals surface area contributed by atoms with E-state index in [1.54, 1.807) is 12.1 Å². The molecule has 1 heterocycles. The molecule has 0 radical (unpaired) electrons. The van der Waals surface area contributed by atoms with E-state index in [2.05, 4.69) is 10.3 Å². The van der Waals surface area contributed by atoms with E-state index in [4.69, 9.17) is 14.2 Å². The average Bonchev–Trinajstić information content (AvgIpc) is 3.57. The Morgan fingerprint density at radius 2 is 1.74 bits per heavy atom. The molecule has 1 aromatic heterocycles. The first-order valence-electron chi connectivity index (χ1n) is 9.36. The largest absolute Gasteiger partial charge is 0.493 e. The van der Waals surface area contributed by atoms with Gasteiger partial charge in [-0.2, -0.15) is 0 Å². The number of benzene rings is 2. The van der Waals surface area contributed by atoms with Crippen molar-refractivity contribution in [3.8, 4) is 23.0 Å². The molecule has 1 aliphatic carbocycles. The lowest BCUT2D eigenvalue weighted by molar-refractivity contribution is -0.126. The molecule has 1 amide bonds. The minimum atomic E-state index is -1.14. The van der Waals surface area contributed by atoms with Crippen LogP contribution in [0, 0.1) is 17.0 Å². The Hall–Kier alpha value is -3.75. The van der Waals surface area contributed by atoms with Crippen LogP contribution in [0.2, 0.25) is 0 Å². The van der Waals surface area contributed by atoms with Crippen molar-refractivity contribution in [2.24, 2.45) is 5.41 Å². The van der Waals surface area contributed by atoms with Crippen LogP contribution in [0.15, 0.2) is 36.5 Å². The number of nitrogens with one attached hydrogen (secondary N) is 1. The van der Waals surface area contributed by atoms with Gasteiger partial charge in [0.05, 0.1) is 25.4 Å². The Balaban J connectivity index is 1.65. The summed E-state index contributed by atoms with van der Waals surface area (Å²) in [6.45, 7) is 0. The highest BCUT2D eigenvalue weighted by atomic mass is 19.1. The predicted molar refractivity (Wildman–Crippen MR) is 108 cm³/mol. The fourth-order valence-corrected chi connectivity index (χ4v) is 3.14. The van der Waals surface area contributed by atoms with Gasteiger partial charge in [0.2, 0.25) is 5.91 Å². The number of hydrogen-bond donors (Lipinski definition) is 1. The van der Waals surface area contributed by atoms with E-state index in [1.807, 2.05) is 0 Å². The molecule has 7 nitrogen and oxygen atoms in total. The zero-order valence-corrected chi connectivity index (χ0v) is 16.7. The normalized spacial score (nSPS) is 14.1. The fraction of sp³-hybridized carbons (Fsp3) is 0.227. The first-order chi connectivity index (χ1) is 14.9. The van der Waals surface area contributed by atoms with Gasteiger partial charge in [-0.25, -0.2) is 8.78 Å². The van der Waals surface area contributed by atoms with Crippen molar-refractivity contribution in [3.05, 3.63) is 48.2 Å². The van der Waals surface area contributed by atoms with Crippen LogP contribution in [-0.4, -0.2) is 31.4 Å². The topological polar surface area (TPSA) is 86.8 Å². The zero-order valence-electron chi connectivity index (χ0n) is 16.7. The van der Waals surface area contributed by atoms with E-state index in [0.29, 0.717) is 41.5 Å². The number of aldehydes is 1. The Labute approximate surface area is 175 Å². The molecule has 0 saturated heterocycles. The number of methoxy groups -OCH3 is 2. The van der Waals surface area contributed by atoms with Crippen molar-refractivity contribution in [2.75, 3.05) is 19.5 Å². The average molecular weight is 428 g/mol. The van der Waals surface area contributed by atoms with E-state index in [-0.39, 0.29) is 17.2 Å². The molecule has 0 unspecified atom stereocenters. The Morgan fingerprint density at radius 1 is 1.03 bits per heavy atom. The number of carbonyl (C=O) groups is 2. The summed E-state index contributed by atoms with van der Waals surface area (Å²) in [6.07, 6.45) is 2.76. The highest BCUT2D eigenvalue weighted by Crippen LogP contribution is 2.44. The molecule has 0 bridgehead atoms. The number of pyridine rings is 1. The quantitative estimate of drug-likeness (QED) is 0.448. The standard InChI is InChI=1S/C22H18F2N2O5/c1-29-19-7-12-15(10-20(19)30-2)25-6-3-17(12)31-18-9-13(23)16(8-14(18)24)26-21(28)22(11-27)4-5-22/h3,6-11H,4-5H2,1-2H3,(H,26,28). The number of aromatic nitrogens is 1. The summed E-state index contributed by atoms with van der Waals surface area (Å²) >= 11 is 0. The molecule has 1 N–H and O–H groups in total. The maximum Gasteiger partial charge on any atom is 0.237 e. The van der Waals surface area contributed by atoms with Gasteiger partial charge in [-0.1, -0.05) is 0 Å². The summed E-state index contributed by atoms with van der Waals surface area (Å²) < 4.78 is 45.3. The third-order valence-electron chi connectivity index (χ3n) is 5.16. The van der Waals surface area contributed by atoms with E-state index in [9.17, 15) is 18.4 Å². The van der Waals surface area contributed by atoms with Crippen molar-refractivity contribution in [1.82, 2.24) is 4.98 Å². The number of nitrogens with zero attached hydrogens (tertiary/aromatic N) is 1. The van der Waals surface area contributed by atoms with Crippen molar-refractivity contribution in [2.45, 2.75) is 12.8 Å². The lowest BCUT2D eigenvalue weighted by atomic mass is 10.1. The SMILES string of the molecule is COc1cc2nccc(Oc3cc(F)c(NC(=O)C4(C=O)CC4)cc3F)c2cc1OC. The molecule has 3 aromatic rings. The molecule has 0 atom stereocenters. The van der Waals surface area contributed by atoms with E-state index >= 15 is 0 Å². The van der Waals surface area contributed by atoms with Gasteiger partial charge in [0.25, 0.3) is 0 Å². The van der Waals surface area contributed by atoms with Gasteiger partial charge in [0.15, 0.2) is 28.9 Å².